The summed E-state index contributed by atoms with van der Waals surface area (Å²) in [6.45, 7) is 0. The molecule has 3 nitrogen and oxygen atoms in total. The van der Waals surface area contributed by atoms with Gasteiger partial charge in [-0.25, -0.2) is 4.99 Å². The maximum Gasteiger partial charge on any atom is 0.191 e. The molecule has 2 N–H and O–H groups in total. The van der Waals surface area contributed by atoms with E-state index in [-0.39, 0.29) is 0 Å². The molecule has 0 saturated heterocycles. The number of nitrogens with zero attached hydrogens (tertiary/aromatic N) is 1. The van der Waals surface area contributed by atoms with Crippen LogP contribution in [0, 0.1) is 11.8 Å². The van der Waals surface area contributed by atoms with E-state index < -0.39 is 0 Å². The minimum Gasteiger partial charge on any atom is -0.354 e. The molecule has 4 aliphatic rings. The summed E-state index contributed by atoms with van der Waals surface area (Å²) in [6.07, 6.45) is 23.8. The summed E-state index contributed by atoms with van der Waals surface area (Å²) in [7, 11) is 0. The molecule has 0 spiro atoms. The highest BCUT2D eigenvalue weighted by molar-refractivity contribution is 5.80. The molecule has 0 aromatic heterocycles. The van der Waals surface area contributed by atoms with Crippen molar-refractivity contribution in [3.8, 4) is 0 Å². The van der Waals surface area contributed by atoms with E-state index in [0.29, 0.717) is 18.1 Å². The second kappa shape index (κ2) is 9.46. The highest BCUT2D eigenvalue weighted by atomic mass is 15.2. The monoisotopic (exact) mass is 359 g/mol. The summed E-state index contributed by atoms with van der Waals surface area (Å²) in [5.74, 6) is 3.19. The van der Waals surface area contributed by atoms with Crippen molar-refractivity contribution in [2.45, 2.75) is 127 Å². The van der Waals surface area contributed by atoms with Gasteiger partial charge in [0.25, 0.3) is 0 Å². The molecule has 0 aromatic carbocycles. The molecule has 26 heavy (non-hydrogen) atoms. The van der Waals surface area contributed by atoms with Gasteiger partial charge >= 0.3 is 0 Å². The Morgan fingerprint density at radius 2 is 1.15 bits per heavy atom. The van der Waals surface area contributed by atoms with Gasteiger partial charge < -0.3 is 10.6 Å². The van der Waals surface area contributed by atoms with Crippen LogP contribution in [0.25, 0.3) is 0 Å². The number of fused-ring (bicyclic) bond motifs is 1. The largest absolute Gasteiger partial charge is 0.354 e. The van der Waals surface area contributed by atoms with Crippen molar-refractivity contribution in [2.24, 2.45) is 16.8 Å². The van der Waals surface area contributed by atoms with E-state index in [9.17, 15) is 0 Å². The first-order valence-corrected chi connectivity index (χ1v) is 12.0. The molecule has 0 aromatic rings. The molecule has 4 aliphatic carbocycles. The number of guanidine groups is 1. The molecule has 3 unspecified atom stereocenters. The summed E-state index contributed by atoms with van der Waals surface area (Å²) in [5, 5.41) is 7.78. The quantitative estimate of drug-likeness (QED) is 0.512. The fourth-order valence-electron chi connectivity index (χ4n) is 6.15. The van der Waals surface area contributed by atoms with Crippen LogP contribution in [0.5, 0.6) is 0 Å². The third kappa shape index (κ3) is 5.16. The van der Waals surface area contributed by atoms with Crippen LogP contribution in [0.3, 0.4) is 0 Å². The Bertz CT molecular complexity index is 448. The Hall–Kier alpha value is -0.730. The van der Waals surface area contributed by atoms with Gasteiger partial charge in [-0.3, -0.25) is 0 Å². The van der Waals surface area contributed by atoms with E-state index in [1.54, 1.807) is 0 Å². The summed E-state index contributed by atoms with van der Waals surface area (Å²) >= 11 is 0. The molecule has 4 fully saturated rings. The lowest BCUT2D eigenvalue weighted by molar-refractivity contribution is 0.150. The minimum atomic E-state index is 0.563. The van der Waals surface area contributed by atoms with Crippen LogP contribution in [0.15, 0.2) is 4.99 Å². The average molecular weight is 360 g/mol. The first-order valence-electron chi connectivity index (χ1n) is 12.0. The third-order valence-electron chi connectivity index (χ3n) is 7.71. The maximum atomic E-state index is 5.22. The van der Waals surface area contributed by atoms with Crippen molar-refractivity contribution < 1.29 is 0 Å². The van der Waals surface area contributed by atoms with Gasteiger partial charge in [-0.15, -0.1) is 0 Å². The van der Waals surface area contributed by atoms with Gasteiger partial charge in [0.15, 0.2) is 5.96 Å². The van der Waals surface area contributed by atoms with Crippen LogP contribution in [-0.2, 0) is 0 Å². The second-order valence-corrected chi connectivity index (χ2v) is 9.71. The smallest absolute Gasteiger partial charge is 0.191 e. The fourth-order valence-corrected chi connectivity index (χ4v) is 6.15. The highest BCUT2D eigenvalue weighted by Crippen LogP contribution is 2.40. The predicted octanol–water partition coefficient (Wildman–Crippen LogP) is 5.55. The van der Waals surface area contributed by atoms with Crippen molar-refractivity contribution in [1.82, 2.24) is 10.6 Å². The number of aliphatic imine (C=N–C) groups is 1. The summed E-state index contributed by atoms with van der Waals surface area (Å²) in [5.41, 5.74) is 0. The van der Waals surface area contributed by atoms with Gasteiger partial charge in [-0.2, -0.15) is 0 Å². The van der Waals surface area contributed by atoms with E-state index in [2.05, 4.69) is 10.6 Å². The zero-order valence-corrected chi connectivity index (χ0v) is 16.9. The Balaban J connectivity index is 1.37. The lowest BCUT2D eigenvalue weighted by Gasteiger charge is -2.40. The summed E-state index contributed by atoms with van der Waals surface area (Å²) in [6, 6.07) is 1.88. The standard InChI is InChI=1S/C23H41N3/c1-3-11-20(12-4-1)24-23(25-21-13-5-2-6-14-21)26-22-16-15-18-9-7-8-10-19(18)17-22/h18-22H,1-17H2,(H2,24,25,26). The lowest BCUT2D eigenvalue weighted by atomic mass is 9.69. The van der Waals surface area contributed by atoms with Crippen LogP contribution in [0.2, 0.25) is 0 Å². The van der Waals surface area contributed by atoms with Crippen LogP contribution < -0.4 is 10.6 Å². The van der Waals surface area contributed by atoms with Crippen molar-refractivity contribution in [3.63, 3.8) is 0 Å². The molecule has 3 atom stereocenters. The molecular formula is C23H41N3. The maximum absolute atomic E-state index is 5.22. The van der Waals surface area contributed by atoms with E-state index in [4.69, 9.17) is 4.99 Å². The SMILES string of the molecule is C1CCC(N=C(NC2CCCCC2)NC2CCC3CCCCC3C2)CC1. The Labute approximate surface area is 161 Å². The first kappa shape index (κ1) is 18.6. The molecule has 0 heterocycles. The van der Waals surface area contributed by atoms with Crippen LogP contribution >= 0.6 is 0 Å². The fraction of sp³-hybridized carbons (Fsp3) is 0.957. The normalized spacial score (nSPS) is 34.9. The molecule has 4 saturated carbocycles. The number of nitrogens with one attached hydrogen (secondary N) is 2. The molecule has 0 radical (unpaired) electrons. The Morgan fingerprint density at radius 3 is 1.92 bits per heavy atom. The predicted molar refractivity (Wildman–Crippen MR) is 111 cm³/mol. The van der Waals surface area contributed by atoms with E-state index in [0.717, 1.165) is 11.8 Å². The number of hydrogen-bond donors (Lipinski definition) is 2. The highest BCUT2D eigenvalue weighted by Gasteiger charge is 2.32. The molecule has 4 rings (SSSR count). The van der Waals surface area contributed by atoms with E-state index >= 15 is 0 Å². The van der Waals surface area contributed by atoms with Crippen molar-refractivity contribution >= 4 is 5.96 Å². The van der Waals surface area contributed by atoms with Gasteiger partial charge in [-0.05, 0) is 56.8 Å². The van der Waals surface area contributed by atoms with E-state index in [1.165, 1.54) is 115 Å². The number of hydrogen-bond acceptors (Lipinski definition) is 1. The Morgan fingerprint density at radius 1 is 0.538 bits per heavy atom. The van der Waals surface area contributed by atoms with Gasteiger partial charge in [0.05, 0.1) is 6.04 Å². The molecule has 0 amide bonds. The summed E-state index contributed by atoms with van der Waals surface area (Å²) < 4.78 is 0. The first-order chi connectivity index (χ1) is 12.9. The lowest BCUT2D eigenvalue weighted by Crippen LogP contribution is -2.50. The van der Waals surface area contributed by atoms with Crippen molar-refractivity contribution in [2.75, 3.05) is 0 Å². The molecular weight excluding hydrogens is 318 g/mol. The Kier molecular flexibility index (Phi) is 6.78. The zero-order valence-electron chi connectivity index (χ0n) is 16.9. The van der Waals surface area contributed by atoms with Gasteiger partial charge in [-0.1, -0.05) is 64.2 Å². The van der Waals surface area contributed by atoms with Gasteiger partial charge in [0.2, 0.25) is 0 Å². The average Bonchev–Trinajstić information content (AvgIpc) is 2.69. The molecule has 3 heteroatoms. The molecule has 0 bridgehead atoms. The van der Waals surface area contributed by atoms with Crippen LogP contribution in [0.4, 0.5) is 0 Å². The van der Waals surface area contributed by atoms with Gasteiger partial charge in [0, 0.05) is 12.1 Å². The van der Waals surface area contributed by atoms with Gasteiger partial charge in [0.1, 0.15) is 0 Å². The zero-order chi connectivity index (χ0) is 17.6. The van der Waals surface area contributed by atoms with Crippen LogP contribution in [0.1, 0.15) is 109 Å². The second-order valence-electron chi connectivity index (χ2n) is 9.71. The minimum absolute atomic E-state index is 0.563. The summed E-state index contributed by atoms with van der Waals surface area (Å²) in [4.78, 5) is 5.22. The molecule has 148 valence electrons. The molecule has 0 aliphatic heterocycles. The van der Waals surface area contributed by atoms with Crippen molar-refractivity contribution in [3.05, 3.63) is 0 Å². The third-order valence-corrected chi connectivity index (χ3v) is 7.71. The number of rotatable bonds is 3. The van der Waals surface area contributed by atoms with Crippen LogP contribution in [-0.4, -0.2) is 24.1 Å². The topological polar surface area (TPSA) is 36.4 Å². The van der Waals surface area contributed by atoms with E-state index in [1.807, 2.05) is 0 Å². The van der Waals surface area contributed by atoms with Crippen molar-refractivity contribution in [1.29, 1.82) is 0 Å².